The van der Waals surface area contributed by atoms with Crippen molar-refractivity contribution >= 4 is 0 Å². The van der Waals surface area contributed by atoms with E-state index >= 15 is 0 Å². The fourth-order valence-electron chi connectivity index (χ4n) is 1.61. The number of hydrogen-bond acceptors (Lipinski definition) is 2. The molecular weight excluding hydrogens is 183 g/mol. The first-order valence-electron chi connectivity index (χ1n) is 4.23. The van der Waals surface area contributed by atoms with Crippen LogP contribution in [0.25, 0.3) is 0 Å². The summed E-state index contributed by atoms with van der Waals surface area (Å²) < 4.78 is 23.4. The number of fused-ring (bicyclic) bond motifs is 1. The predicted molar refractivity (Wildman–Crippen MR) is 53.2 cm³/mol. The Labute approximate surface area is 83.6 Å². The van der Waals surface area contributed by atoms with Crippen LogP contribution in [0.2, 0.25) is 0 Å². The Morgan fingerprint density at radius 2 is 2.36 bits per heavy atom. The van der Waals surface area contributed by atoms with Crippen molar-refractivity contribution in [2.45, 2.75) is 13.3 Å². The maximum absolute atomic E-state index is 13.1. The Morgan fingerprint density at radius 3 is 3.07 bits per heavy atom. The second kappa shape index (κ2) is 4.42. The highest BCUT2D eigenvalue weighted by Crippen LogP contribution is 2.35. The molecule has 0 aromatic heterocycles. The molecule has 1 aliphatic heterocycles. The van der Waals surface area contributed by atoms with Gasteiger partial charge in [0, 0.05) is 18.6 Å². The van der Waals surface area contributed by atoms with Crippen molar-refractivity contribution in [3.63, 3.8) is 0 Å². The van der Waals surface area contributed by atoms with Crippen molar-refractivity contribution in [2.24, 2.45) is 0 Å². The summed E-state index contributed by atoms with van der Waals surface area (Å²) in [6.07, 6.45) is 0. The SMILES string of the molecule is C.COC[C@@H]1COc2c(F)cccc21. The second-order valence-electron chi connectivity index (χ2n) is 3.12. The van der Waals surface area contributed by atoms with Crippen molar-refractivity contribution in [3.8, 4) is 5.75 Å². The van der Waals surface area contributed by atoms with Gasteiger partial charge in [-0.1, -0.05) is 19.6 Å². The largest absolute Gasteiger partial charge is 0.489 e. The van der Waals surface area contributed by atoms with Crippen LogP contribution in [-0.4, -0.2) is 20.3 Å². The van der Waals surface area contributed by atoms with Gasteiger partial charge >= 0.3 is 0 Å². The third-order valence-corrected chi connectivity index (χ3v) is 2.23. The van der Waals surface area contributed by atoms with Gasteiger partial charge in [0.2, 0.25) is 0 Å². The van der Waals surface area contributed by atoms with Crippen LogP contribution in [0.5, 0.6) is 5.75 Å². The smallest absolute Gasteiger partial charge is 0.165 e. The number of para-hydroxylation sites is 1. The van der Waals surface area contributed by atoms with Gasteiger partial charge in [0.25, 0.3) is 0 Å². The molecule has 3 heteroatoms. The molecule has 2 rings (SSSR count). The molecule has 1 atom stereocenters. The average Bonchev–Trinajstić information content (AvgIpc) is 2.51. The molecule has 0 saturated carbocycles. The Kier molecular flexibility index (Phi) is 3.47. The quantitative estimate of drug-likeness (QED) is 0.727. The van der Waals surface area contributed by atoms with Crippen molar-refractivity contribution in [1.29, 1.82) is 0 Å². The van der Waals surface area contributed by atoms with Crippen LogP contribution in [-0.2, 0) is 4.74 Å². The maximum Gasteiger partial charge on any atom is 0.165 e. The maximum atomic E-state index is 13.1. The van der Waals surface area contributed by atoms with Crippen LogP contribution in [0.15, 0.2) is 18.2 Å². The first-order valence-corrected chi connectivity index (χ1v) is 4.23. The van der Waals surface area contributed by atoms with Gasteiger partial charge in [-0.25, -0.2) is 4.39 Å². The Bertz CT molecular complexity index is 312. The summed E-state index contributed by atoms with van der Waals surface area (Å²) >= 11 is 0. The number of halogens is 1. The molecule has 0 spiro atoms. The van der Waals surface area contributed by atoms with E-state index in [0.29, 0.717) is 19.0 Å². The number of ether oxygens (including phenoxy) is 2. The number of hydrogen-bond donors (Lipinski definition) is 0. The molecule has 0 radical (unpaired) electrons. The summed E-state index contributed by atoms with van der Waals surface area (Å²) in [6.45, 7) is 1.10. The van der Waals surface area contributed by atoms with Gasteiger partial charge in [-0.05, 0) is 6.07 Å². The first kappa shape index (κ1) is 11.0. The van der Waals surface area contributed by atoms with E-state index in [1.807, 2.05) is 6.07 Å². The molecule has 1 aliphatic rings. The van der Waals surface area contributed by atoms with Crippen molar-refractivity contribution in [1.82, 2.24) is 0 Å². The summed E-state index contributed by atoms with van der Waals surface area (Å²) in [6, 6.07) is 4.99. The fraction of sp³-hybridized carbons (Fsp3) is 0.455. The minimum Gasteiger partial charge on any atom is -0.489 e. The van der Waals surface area contributed by atoms with E-state index in [-0.39, 0.29) is 19.2 Å². The molecular formula is C11H15FO2. The average molecular weight is 198 g/mol. The number of methoxy groups -OCH3 is 1. The van der Waals surface area contributed by atoms with Gasteiger partial charge in [0.05, 0.1) is 13.2 Å². The topological polar surface area (TPSA) is 18.5 Å². The zero-order valence-corrected chi connectivity index (χ0v) is 7.42. The lowest BCUT2D eigenvalue weighted by Gasteiger charge is -2.05. The lowest BCUT2D eigenvalue weighted by Crippen LogP contribution is -2.07. The summed E-state index contributed by atoms with van der Waals surface area (Å²) in [5, 5.41) is 0. The minimum absolute atomic E-state index is 0. The van der Waals surface area contributed by atoms with Gasteiger partial charge < -0.3 is 9.47 Å². The van der Waals surface area contributed by atoms with Gasteiger partial charge in [-0.2, -0.15) is 0 Å². The van der Waals surface area contributed by atoms with E-state index in [4.69, 9.17) is 9.47 Å². The Morgan fingerprint density at radius 1 is 1.57 bits per heavy atom. The zero-order valence-electron chi connectivity index (χ0n) is 7.42. The van der Waals surface area contributed by atoms with Crippen LogP contribution in [0.3, 0.4) is 0 Å². The van der Waals surface area contributed by atoms with E-state index in [9.17, 15) is 4.39 Å². The molecule has 1 aromatic carbocycles. The lowest BCUT2D eigenvalue weighted by atomic mass is 10.0. The van der Waals surface area contributed by atoms with E-state index in [0.717, 1.165) is 5.56 Å². The summed E-state index contributed by atoms with van der Waals surface area (Å²) in [4.78, 5) is 0. The third-order valence-electron chi connectivity index (χ3n) is 2.23. The molecule has 14 heavy (non-hydrogen) atoms. The van der Waals surface area contributed by atoms with Crippen LogP contribution in [0.4, 0.5) is 4.39 Å². The highest BCUT2D eigenvalue weighted by atomic mass is 19.1. The molecule has 0 N–H and O–H groups in total. The van der Waals surface area contributed by atoms with Crippen molar-refractivity contribution in [3.05, 3.63) is 29.6 Å². The van der Waals surface area contributed by atoms with Gasteiger partial charge in [0.1, 0.15) is 0 Å². The lowest BCUT2D eigenvalue weighted by molar-refractivity contribution is 0.165. The van der Waals surface area contributed by atoms with E-state index in [1.54, 1.807) is 13.2 Å². The molecule has 0 saturated heterocycles. The summed E-state index contributed by atoms with van der Waals surface area (Å²) in [7, 11) is 1.64. The normalized spacial score (nSPS) is 18.3. The minimum atomic E-state index is -0.281. The van der Waals surface area contributed by atoms with Crippen LogP contribution < -0.4 is 4.74 Å². The fourth-order valence-corrected chi connectivity index (χ4v) is 1.61. The summed E-state index contributed by atoms with van der Waals surface area (Å²) in [5.41, 5.74) is 0.918. The van der Waals surface area contributed by atoms with Crippen molar-refractivity contribution in [2.75, 3.05) is 20.3 Å². The predicted octanol–water partition coefficient (Wildman–Crippen LogP) is 2.58. The molecule has 0 unspecified atom stereocenters. The molecule has 78 valence electrons. The monoisotopic (exact) mass is 198 g/mol. The van der Waals surface area contributed by atoms with Crippen LogP contribution in [0, 0.1) is 5.82 Å². The first-order chi connectivity index (χ1) is 6.33. The zero-order chi connectivity index (χ0) is 9.26. The summed E-state index contributed by atoms with van der Waals surface area (Å²) in [5.74, 6) is 0.288. The van der Waals surface area contributed by atoms with E-state index < -0.39 is 0 Å². The molecule has 1 heterocycles. The van der Waals surface area contributed by atoms with E-state index in [1.165, 1.54) is 6.07 Å². The second-order valence-corrected chi connectivity index (χ2v) is 3.12. The standard InChI is InChI=1S/C10H11FO2.CH4/c1-12-5-7-6-13-10-8(7)3-2-4-9(10)11;/h2-4,7H,5-6H2,1H3;1H4/t7-;/m1./s1. The Hall–Kier alpha value is -1.09. The van der Waals surface area contributed by atoms with Gasteiger partial charge in [-0.3, -0.25) is 0 Å². The highest BCUT2D eigenvalue weighted by Gasteiger charge is 2.26. The molecule has 0 bridgehead atoms. The van der Waals surface area contributed by atoms with Crippen molar-refractivity contribution < 1.29 is 13.9 Å². The highest BCUT2D eigenvalue weighted by molar-refractivity contribution is 5.40. The van der Waals surface area contributed by atoms with E-state index in [2.05, 4.69) is 0 Å². The van der Waals surface area contributed by atoms with Crippen LogP contribution >= 0.6 is 0 Å². The molecule has 1 aromatic rings. The molecule has 0 aliphatic carbocycles. The molecule has 2 nitrogen and oxygen atoms in total. The Balaban J connectivity index is 0.000000980. The van der Waals surface area contributed by atoms with Crippen LogP contribution in [0.1, 0.15) is 18.9 Å². The number of benzene rings is 1. The number of rotatable bonds is 2. The van der Waals surface area contributed by atoms with Gasteiger partial charge in [-0.15, -0.1) is 0 Å². The third kappa shape index (κ3) is 1.73. The molecule has 0 fully saturated rings. The molecule has 0 amide bonds. The van der Waals surface area contributed by atoms with Gasteiger partial charge in [0.15, 0.2) is 11.6 Å².